The second-order valence-electron chi connectivity index (χ2n) is 4.26. The highest BCUT2D eigenvalue weighted by Crippen LogP contribution is 2.48. The number of aromatic hydroxyl groups is 1. The highest BCUT2D eigenvalue weighted by molar-refractivity contribution is 7.92. The van der Waals surface area contributed by atoms with Crippen molar-refractivity contribution < 1.29 is 18.3 Å². The molecule has 0 aliphatic rings. The Kier molecular flexibility index (Phi) is 5.43. The van der Waals surface area contributed by atoms with Gasteiger partial charge in [0.2, 0.25) is 0 Å². The molecule has 2 N–H and O–H groups in total. The van der Waals surface area contributed by atoms with Gasteiger partial charge in [0.25, 0.3) is 10.0 Å². The summed E-state index contributed by atoms with van der Waals surface area (Å²) in [5.74, 6) is -0.0357. The second kappa shape index (κ2) is 6.83. The first-order valence-corrected chi connectivity index (χ1v) is 8.90. The van der Waals surface area contributed by atoms with Crippen LogP contribution in [0.15, 0.2) is 29.2 Å². The van der Waals surface area contributed by atoms with Crippen molar-refractivity contribution in [2.24, 2.45) is 0 Å². The molecular weight excluding hydrogens is 408 g/mol. The molecule has 23 heavy (non-hydrogen) atoms. The van der Waals surface area contributed by atoms with E-state index in [1.54, 1.807) is 0 Å². The van der Waals surface area contributed by atoms with E-state index in [-0.39, 0.29) is 30.7 Å². The number of hydrogen-bond donors (Lipinski definition) is 2. The van der Waals surface area contributed by atoms with Gasteiger partial charge in [-0.05, 0) is 24.3 Å². The molecule has 0 atom stereocenters. The van der Waals surface area contributed by atoms with Gasteiger partial charge in [0.1, 0.15) is 15.8 Å². The van der Waals surface area contributed by atoms with Crippen molar-refractivity contribution in [1.29, 1.82) is 0 Å². The smallest absolute Gasteiger partial charge is 0.261 e. The Labute approximate surface area is 152 Å². The maximum absolute atomic E-state index is 12.4. The Morgan fingerprint density at radius 2 is 1.43 bits per heavy atom. The number of nitrogens with one attached hydrogen (secondary N) is 1. The lowest BCUT2D eigenvalue weighted by Crippen LogP contribution is -2.13. The Balaban J connectivity index is 2.49. The summed E-state index contributed by atoms with van der Waals surface area (Å²) in [6, 6.07) is 5.64. The van der Waals surface area contributed by atoms with Crippen LogP contribution in [0.25, 0.3) is 0 Å². The average Bonchev–Trinajstić information content (AvgIpc) is 2.55. The van der Waals surface area contributed by atoms with Crippen LogP contribution in [0.2, 0.25) is 20.1 Å². The van der Waals surface area contributed by atoms with Crippen LogP contribution >= 0.6 is 46.4 Å². The van der Waals surface area contributed by atoms with E-state index in [2.05, 4.69) is 4.72 Å². The van der Waals surface area contributed by atoms with E-state index in [0.29, 0.717) is 5.75 Å². The van der Waals surface area contributed by atoms with E-state index in [0.717, 1.165) is 0 Å². The summed E-state index contributed by atoms with van der Waals surface area (Å²) in [6.45, 7) is 0. The molecule has 5 nitrogen and oxygen atoms in total. The molecular formula is C13H9Cl4NO4S. The van der Waals surface area contributed by atoms with E-state index in [1.165, 1.54) is 31.4 Å². The predicted octanol–water partition coefficient (Wildman–Crippen LogP) is 4.82. The highest BCUT2D eigenvalue weighted by atomic mass is 35.5. The summed E-state index contributed by atoms with van der Waals surface area (Å²) in [4.78, 5) is -0.0502. The second-order valence-corrected chi connectivity index (χ2v) is 7.45. The van der Waals surface area contributed by atoms with Crippen molar-refractivity contribution in [3.05, 3.63) is 44.4 Å². The zero-order valence-corrected chi connectivity index (χ0v) is 15.2. The minimum atomic E-state index is -4.00. The first kappa shape index (κ1) is 18.3. The average molecular weight is 417 g/mol. The lowest BCUT2D eigenvalue weighted by molar-refractivity contribution is 0.414. The zero-order valence-electron chi connectivity index (χ0n) is 11.4. The molecule has 0 saturated carbocycles. The summed E-state index contributed by atoms with van der Waals surface area (Å²) in [7, 11) is -2.54. The lowest BCUT2D eigenvalue weighted by Gasteiger charge is -2.14. The summed E-state index contributed by atoms with van der Waals surface area (Å²) >= 11 is 23.5. The SMILES string of the molecule is COc1ccc(S(=O)(=O)Nc2c(Cl)c(Cl)c(O)c(Cl)c2Cl)cc1. The number of benzene rings is 2. The molecule has 2 aromatic rings. The van der Waals surface area contributed by atoms with E-state index >= 15 is 0 Å². The maximum Gasteiger partial charge on any atom is 0.261 e. The number of phenols is 1. The minimum absolute atomic E-state index is 0.0502. The number of phenolic OH excluding ortho intramolecular Hbond substituents is 1. The number of sulfonamides is 1. The minimum Gasteiger partial charge on any atom is -0.505 e. The van der Waals surface area contributed by atoms with Crippen molar-refractivity contribution >= 4 is 62.1 Å². The van der Waals surface area contributed by atoms with E-state index in [9.17, 15) is 13.5 Å². The summed E-state index contributed by atoms with van der Waals surface area (Å²) in [6.07, 6.45) is 0. The quantitative estimate of drug-likeness (QED) is 0.553. The van der Waals surface area contributed by atoms with Crippen LogP contribution < -0.4 is 9.46 Å². The van der Waals surface area contributed by atoms with Crippen LogP contribution in [0, 0.1) is 0 Å². The van der Waals surface area contributed by atoms with Gasteiger partial charge in [-0.25, -0.2) is 8.42 Å². The monoisotopic (exact) mass is 415 g/mol. The van der Waals surface area contributed by atoms with Gasteiger partial charge < -0.3 is 9.84 Å². The Morgan fingerprint density at radius 1 is 0.957 bits per heavy atom. The molecule has 0 aromatic heterocycles. The topological polar surface area (TPSA) is 75.6 Å². The Morgan fingerprint density at radius 3 is 1.87 bits per heavy atom. The van der Waals surface area contributed by atoms with Crippen LogP contribution in [0.1, 0.15) is 0 Å². The fourth-order valence-corrected chi connectivity index (χ4v) is 3.79. The van der Waals surface area contributed by atoms with Crippen molar-refractivity contribution in [2.45, 2.75) is 4.90 Å². The van der Waals surface area contributed by atoms with Crippen LogP contribution in [-0.4, -0.2) is 20.6 Å². The molecule has 0 spiro atoms. The number of methoxy groups -OCH3 is 1. The number of ether oxygens (including phenoxy) is 1. The highest BCUT2D eigenvalue weighted by Gasteiger charge is 2.24. The molecule has 2 aromatic carbocycles. The van der Waals surface area contributed by atoms with Crippen molar-refractivity contribution in [2.75, 3.05) is 11.8 Å². The molecule has 0 aliphatic carbocycles. The predicted molar refractivity (Wildman–Crippen MR) is 91.9 cm³/mol. The summed E-state index contributed by atoms with van der Waals surface area (Å²) in [5, 5.41) is 8.48. The van der Waals surface area contributed by atoms with Crippen molar-refractivity contribution in [3.8, 4) is 11.5 Å². The van der Waals surface area contributed by atoms with E-state index < -0.39 is 15.8 Å². The Bertz CT molecular complexity index is 824. The van der Waals surface area contributed by atoms with Gasteiger partial charge in [0.05, 0.1) is 27.7 Å². The van der Waals surface area contributed by atoms with Gasteiger partial charge in [0.15, 0.2) is 5.75 Å². The molecule has 10 heteroatoms. The summed E-state index contributed by atoms with van der Waals surface area (Å²) < 4.78 is 32.0. The van der Waals surface area contributed by atoms with Crippen LogP contribution in [-0.2, 0) is 10.0 Å². The maximum atomic E-state index is 12.4. The molecule has 0 heterocycles. The van der Waals surface area contributed by atoms with E-state index in [1.807, 2.05) is 0 Å². The first-order chi connectivity index (χ1) is 10.7. The number of hydrogen-bond acceptors (Lipinski definition) is 4. The molecule has 0 unspecified atom stereocenters. The van der Waals surface area contributed by atoms with Crippen LogP contribution in [0.5, 0.6) is 11.5 Å². The fourth-order valence-electron chi connectivity index (χ4n) is 1.66. The Hall–Kier alpha value is -1.05. The van der Waals surface area contributed by atoms with E-state index in [4.69, 9.17) is 51.1 Å². The van der Waals surface area contributed by atoms with Gasteiger partial charge in [-0.2, -0.15) is 0 Å². The van der Waals surface area contributed by atoms with Crippen LogP contribution in [0.3, 0.4) is 0 Å². The fraction of sp³-hybridized carbons (Fsp3) is 0.0769. The molecule has 0 fully saturated rings. The number of halogens is 4. The first-order valence-electron chi connectivity index (χ1n) is 5.90. The van der Waals surface area contributed by atoms with Crippen LogP contribution in [0.4, 0.5) is 5.69 Å². The third-order valence-corrected chi connectivity index (χ3v) is 5.90. The molecule has 0 radical (unpaired) electrons. The lowest BCUT2D eigenvalue weighted by atomic mass is 10.3. The van der Waals surface area contributed by atoms with Gasteiger partial charge in [-0.3, -0.25) is 4.72 Å². The van der Waals surface area contributed by atoms with Crippen molar-refractivity contribution in [1.82, 2.24) is 0 Å². The molecule has 0 bridgehead atoms. The van der Waals surface area contributed by atoms with Crippen molar-refractivity contribution in [3.63, 3.8) is 0 Å². The normalized spacial score (nSPS) is 11.3. The molecule has 2 rings (SSSR count). The van der Waals surface area contributed by atoms with Gasteiger partial charge in [-0.15, -0.1) is 0 Å². The third-order valence-electron chi connectivity index (χ3n) is 2.85. The summed E-state index contributed by atoms with van der Waals surface area (Å²) in [5.41, 5.74) is -0.225. The molecule has 124 valence electrons. The largest absolute Gasteiger partial charge is 0.505 e. The molecule has 0 amide bonds. The molecule has 0 aliphatic heterocycles. The van der Waals surface area contributed by atoms with Gasteiger partial charge in [0, 0.05) is 0 Å². The molecule has 0 saturated heterocycles. The van der Waals surface area contributed by atoms with Gasteiger partial charge in [-0.1, -0.05) is 46.4 Å². The number of rotatable bonds is 4. The zero-order chi connectivity index (χ0) is 17.4. The standard InChI is InChI=1S/C13H9Cl4NO4S/c1-22-6-2-4-7(5-3-6)23(20,21)18-12-8(14)10(16)13(19)11(17)9(12)15/h2-5,18-19H,1H3. The third kappa shape index (κ3) is 3.56. The number of anilines is 1. The van der Waals surface area contributed by atoms with Gasteiger partial charge >= 0.3 is 0 Å².